The molecule has 88 valence electrons. The predicted molar refractivity (Wildman–Crippen MR) is 68.7 cm³/mol. The molecule has 0 heterocycles. The first-order chi connectivity index (χ1) is 8.16. The Morgan fingerprint density at radius 2 is 2.06 bits per heavy atom. The van der Waals surface area contributed by atoms with Crippen molar-refractivity contribution in [3.8, 4) is 0 Å². The van der Waals surface area contributed by atoms with Crippen LogP contribution in [0, 0.1) is 17.8 Å². The summed E-state index contributed by atoms with van der Waals surface area (Å²) in [5.41, 5.74) is 1.14. The van der Waals surface area contributed by atoms with Crippen molar-refractivity contribution < 1.29 is 9.90 Å². The van der Waals surface area contributed by atoms with E-state index in [1.165, 1.54) is 0 Å². The standard InChI is InChI=1S/C14H13BrO2/c15-11-3-1-2-8(7-11)12-9-4-5-10(6-9)13(12)14(16)17/h1-5,7,9-10,12-13H,6H2,(H,16,17). The SMILES string of the molecule is O=C(O)C1C2C=CC(C2)C1c1cccc(Br)c1. The molecule has 0 aromatic heterocycles. The van der Waals surface area contributed by atoms with E-state index in [1.807, 2.05) is 18.2 Å². The molecule has 1 fully saturated rings. The molecule has 0 spiro atoms. The summed E-state index contributed by atoms with van der Waals surface area (Å²) in [6, 6.07) is 8.05. The largest absolute Gasteiger partial charge is 0.481 e. The Balaban J connectivity index is 2.02. The van der Waals surface area contributed by atoms with Crippen molar-refractivity contribution in [1.82, 2.24) is 0 Å². The summed E-state index contributed by atoms with van der Waals surface area (Å²) in [5.74, 6) is -0.150. The zero-order valence-electron chi connectivity index (χ0n) is 9.21. The van der Waals surface area contributed by atoms with Crippen molar-refractivity contribution in [2.24, 2.45) is 17.8 Å². The van der Waals surface area contributed by atoms with E-state index in [9.17, 15) is 9.90 Å². The lowest BCUT2D eigenvalue weighted by molar-refractivity contribution is -0.143. The zero-order chi connectivity index (χ0) is 12.0. The monoisotopic (exact) mass is 292 g/mol. The minimum Gasteiger partial charge on any atom is -0.481 e. The molecule has 1 saturated carbocycles. The number of halogens is 1. The molecule has 17 heavy (non-hydrogen) atoms. The minimum absolute atomic E-state index is 0.139. The van der Waals surface area contributed by atoms with E-state index < -0.39 is 5.97 Å². The average molecular weight is 293 g/mol. The number of allylic oxidation sites excluding steroid dienone is 2. The van der Waals surface area contributed by atoms with Gasteiger partial charge in [-0.2, -0.15) is 0 Å². The summed E-state index contributed by atoms with van der Waals surface area (Å²) < 4.78 is 1.02. The van der Waals surface area contributed by atoms with Gasteiger partial charge in [-0.05, 0) is 36.0 Å². The number of benzene rings is 1. The van der Waals surface area contributed by atoms with E-state index in [-0.39, 0.29) is 17.8 Å². The number of carbonyl (C=O) groups is 1. The lowest BCUT2D eigenvalue weighted by Crippen LogP contribution is -2.25. The molecule has 3 heteroatoms. The number of fused-ring (bicyclic) bond motifs is 2. The third-order valence-corrected chi connectivity index (χ3v) is 4.47. The summed E-state index contributed by atoms with van der Waals surface area (Å²) in [6.45, 7) is 0. The molecule has 0 amide bonds. The highest BCUT2D eigenvalue weighted by molar-refractivity contribution is 9.10. The maximum atomic E-state index is 11.4. The molecule has 2 aliphatic rings. The Morgan fingerprint density at radius 3 is 2.76 bits per heavy atom. The molecule has 2 bridgehead atoms. The quantitative estimate of drug-likeness (QED) is 0.848. The molecule has 0 radical (unpaired) electrons. The summed E-state index contributed by atoms with van der Waals surface area (Å²) in [7, 11) is 0. The molecule has 4 unspecified atom stereocenters. The Labute approximate surface area is 108 Å². The van der Waals surface area contributed by atoms with E-state index in [1.54, 1.807) is 0 Å². The van der Waals surface area contributed by atoms with Crippen LogP contribution in [0.2, 0.25) is 0 Å². The maximum absolute atomic E-state index is 11.4. The van der Waals surface area contributed by atoms with Gasteiger partial charge in [-0.3, -0.25) is 4.79 Å². The maximum Gasteiger partial charge on any atom is 0.307 e. The molecule has 2 aliphatic carbocycles. The van der Waals surface area contributed by atoms with Gasteiger partial charge in [-0.25, -0.2) is 0 Å². The lowest BCUT2D eigenvalue weighted by Gasteiger charge is -2.25. The first-order valence-electron chi connectivity index (χ1n) is 5.83. The van der Waals surface area contributed by atoms with Crippen molar-refractivity contribution in [2.75, 3.05) is 0 Å². The number of hydrogen-bond donors (Lipinski definition) is 1. The molecule has 2 nitrogen and oxygen atoms in total. The Morgan fingerprint density at radius 1 is 1.29 bits per heavy atom. The molecule has 0 saturated heterocycles. The molecule has 1 N–H and O–H groups in total. The number of carboxylic acid groups (broad SMARTS) is 1. The number of rotatable bonds is 2. The zero-order valence-corrected chi connectivity index (χ0v) is 10.8. The Kier molecular flexibility index (Phi) is 2.58. The van der Waals surface area contributed by atoms with E-state index in [2.05, 4.69) is 34.1 Å². The van der Waals surface area contributed by atoms with Crippen LogP contribution >= 0.6 is 15.9 Å². The number of hydrogen-bond acceptors (Lipinski definition) is 1. The Bertz CT molecular complexity index is 495. The second-order valence-corrected chi connectivity index (χ2v) is 5.81. The van der Waals surface area contributed by atoms with Crippen molar-refractivity contribution in [3.05, 3.63) is 46.5 Å². The van der Waals surface area contributed by atoms with E-state index in [4.69, 9.17) is 0 Å². The van der Waals surface area contributed by atoms with Crippen molar-refractivity contribution in [3.63, 3.8) is 0 Å². The second-order valence-electron chi connectivity index (χ2n) is 4.89. The molecule has 3 rings (SSSR count). The average Bonchev–Trinajstić information content (AvgIpc) is 2.88. The van der Waals surface area contributed by atoms with Crippen LogP contribution in [0.1, 0.15) is 17.9 Å². The van der Waals surface area contributed by atoms with Gasteiger partial charge in [0.25, 0.3) is 0 Å². The van der Waals surface area contributed by atoms with Gasteiger partial charge >= 0.3 is 5.97 Å². The van der Waals surface area contributed by atoms with Crippen LogP contribution in [-0.2, 0) is 4.79 Å². The van der Waals surface area contributed by atoms with Crippen molar-refractivity contribution in [2.45, 2.75) is 12.3 Å². The lowest BCUT2D eigenvalue weighted by atomic mass is 9.78. The van der Waals surface area contributed by atoms with Crippen LogP contribution in [-0.4, -0.2) is 11.1 Å². The molecule has 0 aliphatic heterocycles. The number of aliphatic carboxylic acids is 1. The van der Waals surface area contributed by atoms with Gasteiger partial charge in [0.05, 0.1) is 5.92 Å². The first-order valence-corrected chi connectivity index (χ1v) is 6.62. The van der Waals surface area contributed by atoms with Gasteiger partial charge in [0.2, 0.25) is 0 Å². The third-order valence-electron chi connectivity index (χ3n) is 3.98. The van der Waals surface area contributed by atoms with E-state index in [0.717, 1.165) is 16.5 Å². The van der Waals surface area contributed by atoms with Crippen LogP contribution < -0.4 is 0 Å². The summed E-state index contributed by atoms with van der Waals surface area (Å²) in [4.78, 5) is 11.4. The van der Waals surface area contributed by atoms with Crippen LogP contribution in [0.15, 0.2) is 40.9 Å². The number of carboxylic acids is 1. The molecule has 1 aromatic carbocycles. The van der Waals surface area contributed by atoms with Gasteiger partial charge in [-0.1, -0.05) is 40.2 Å². The molecule has 1 aromatic rings. The molecular weight excluding hydrogens is 280 g/mol. The van der Waals surface area contributed by atoms with Crippen molar-refractivity contribution >= 4 is 21.9 Å². The van der Waals surface area contributed by atoms with E-state index in [0.29, 0.717) is 5.92 Å². The first kappa shape index (κ1) is 11.0. The van der Waals surface area contributed by atoms with Gasteiger partial charge in [-0.15, -0.1) is 0 Å². The minimum atomic E-state index is -0.660. The highest BCUT2D eigenvalue weighted by Gasteiger charge is 2.48. The summed E-state index contributed by atoms with van der Waals surface area (Å²) >= 11 is 3.45. The van der Waals surface area contributed by atoms with Crippen LogP contribution in [0.3, 0.4) is 0 Å². The third kappa shape index (κ3) is 1.73. The highest BCUT2D eigenvalue weighted by Crippen LogP contribution is 2.53. The summed E-state index contributed by atoms with van der Waals surface area (Å²) in [5, 5.41) is 9.39. The van der Waals surface area contributed by atoms with Gasteiger partial charge in [0.1, 0.15) is 0 Å². The smallest absolute Gasteiger partial charge is 0.307 e. The molecular formula is C14H13BrO2. The van der Waals surface area contributed by atoms with Crippen LogP contribution in [0.4, 0.5) is 0 Å². The van der Waals surface area contributed by atoms with Crippen LogP contribution in [0.25, 0.3) is 0 Å². The second kappa shape index (κ2) is 3.98. The van der Waals surface area contributed by atoms with Gasteiger partial charge < -0.3 is 5.11 Å². The fourth-order valence-corrected chi connectivity index (χ4v) is 3.74. The molecule has 4 atom stereocenters. The van der Waals surface area contributed by atoms with Gasteiger partial charge in [0.15, 0.2) is 0 Å². The topological polar surface area (TPSA) is 37.3 Å². The highest BCUT2D eigenvalue weighted by atomic mass is 79.9. The summed E-state index contributed by atoms with van der Waals surface area (Å²) in [6.07, 6.45) is 5.27. The Hall–Kier alpha value is -1.09. The van der Waals surface area contributed by atoms with Crippen LogP contribution in [0.5, 0.6) is 0 Å². The predicted octanol–water partition coefficient (Wildman–Crippen LogP) is 3.44. The normalized spacial score (nSPS) is 34.2. The fraction of sp³-hybridized carbons (Fsp3) is 0.357. The van der Waals surface area contributed by atoms with Crippen molar-refractivity contribution in [1.29, 1.82) is 0 Å². The van der Waals surface area contributed by atoms with Gasteiger partial charge in [0, 0.05) is 10.4 Å². The van der Waals surface area contributed by atoms with E-state index >= 15 is 0 Å². The fourth-order valence-electron chi connectivity index (χ4n) is 3.33.